The minimum atomic E-state index is -3.94. The van der Waals surface area contributed by atoms with Crippen LogP contribution in [0, 0.1) is 6.92 Å². The largest absolute Gasteiger partial charge is 0.495 e. The van der Waals surface area contributed by atoms with Crippen molar-refractivity contribution < 1.29 is 23.1 Å². The van der Waals surface area contributed by atoms with Crippen LogP contribution in [0.4, 0.5) is 5.69 Å². The predicted octanol–water partition coefficient (Wildman–Crippen LogP) is 3.88. The fourth-order valence-electron chi connectivity index (χ4n) is 2.06. The monoisotopic (exact) mass is 425 g/mol. The number of sulfonamides is 1. The van der Waals surface area contributed by atoms with Crippen molar-refractivity contribution in [1.29, 1.82) is 0 Å². The van der Waals surface area contributed by atoms with Crippen LogP contribution in [0.25, 0.3) is 6.08 Å². The summed E-state index contributed by atoms with van der Waals surface area (Å²) >= 11 is 3.11. The molecule has 132 valence electrons. The van der Waals surface area contributed by atoms with Crippen LogP contribution in [0.2, 0.25) is 0 Å². The van der Waals surface area contributed by atoms with Crippen LogP contribution in [0.15, 0.2) is 46.3 Å². The fraction of sp³-hybridized carbons (Fsp3) is 0.118. The molecule has 0 saturated heterocycles. The van der Waals surface area contributed by atoms with E-state index in [2.05, 4.69) is 20.7 Å². The van der Waals surface area contributed by atoms with Gasteiger partial charge in [0.1, 0.15) is 17.0 Å². The van der Waals surface area contributed by atoms with Gasteiger partial charge in [0.25, 0.3) is 10.0 Å². The number of halogens is 1. The third kappa shape index (κ3) is 4.83. The molecule has 2 aromatic rings. The Kier molecular flexibility index (Phi) is 5.86. The molecule has 0 radical (unpaired) electrons. The first-order valence-electron chi connectivity index (χ1n) is 7.11. The summed E-state index contributed by atoms with van der Waals surface area (Å²) in [5.41, 5.74) is 1.39. The third-order valence-electron chi connectivity index (χ3n) is 3.31. The second kappa shape index (κ2) is 7.71. The van der Waals surface area contributed by atoms with Gasteiger partial charge in [0.2, 0.25) is 0 Å². The lowest BCUT2D eigenvalue weighted by Crippen LogP contribution is -2.14. The Hall–Kier alpha value is -2.32. The van der Waals surface area contributed by atoms with Gasteiger partial charge < -0.3 is 9.84 Å². The number of aryl methyl sites for hydroxylation is 1. The average molecular weight is 426 g/mol. The van der Waals surface area contributed by atoms with Crippen molar-refractivity contribution in [3.05, 3.63) is 63.0 Å². The summed E-state index contributed by atoms with van der Waals surface area (Å²) in [7, 11) is -2.61. The van der Waals surface area contributed by atoms with Gasteiger partial charge in [0.15, 0.2) is 0 Å². The van der Waals surface area contributed by atoms with Gasteiger partial charge >= 0.3 is 5.97 Å². The number of carbonyl (C=O) groups is 1. The lowest BCUT2D eigenvalue weighted by Gasteiger charge is -2.14. The second-order valence-electron chi connectivity index (χ2n) is 5.17. The number of ether oxygens (including phenoxy) is 1. The van der Waals surface area contributed by atoms with Gasteiger partial charge in [0.05, 0.1) is 12.5 Å². The maximum absolute atomic E-state index is 12.3. The van der Waals surface area contributed by atoms with Crippen LogP contribution in [-0.2, 0) is 10.0 Å². The first-order chi connectivity index (χ1) is 11.7. The van der Waals surface area contributed by atoms with E-state index >= 15 is 0 Å². The SMILES string of the molecule is COc1ccc(Br)c(C(=O)O)c1NS(=O)(=O)/C=C\c1ccc(C)cc1. The standard InChI is InChI=1S/C17H16BrNO5S/c1-11-3-5-12(6-4-11)9-10-25(22,23)19-16-14(24-2)8-7-13(18)15(16)17(20)21/h3-10,19H,1-2H3,(H,20,21)/b10-9-. The Morgan fingerprint density at radius 3 is 2.40 bits per heavy atom. The molecule has 2 N–H and O–H groups in total. The highest BCUT2D eigenvalue weighted by Gasteiger charge is 2.22. The molecule has 0 unspecified atom stereocenters. The molecule has 0 aliphatic rings. The fourth-order valence-corrected chi connectivity index (χ4v) is 3.45. The van der Waals surface area contributed by atoms with Crippen molar-refractivity contribution >= 4 is 43.7 Å². The summed E-state index contributed by atoms with van der Waals surface area (Å²) in [6.07, 6.45) is 1.42. The number of carboxylic acids is 1. The van der Waals surface area contributed by atoms with Gasteiger partial charge in [0, 0.05) is 4.47 Å². The van der Waals surface area contributed by atoms with Crippen molar-refractivity contribution in [3.8, 4) is 5.75 Å². The molecule has 0 aliphatic heterocycles. The number of hydrogen-bond donors (Lipinski definition) is 2. The molecule has 0 spiro atoms. The van der Waals surface area contributed by atoms with Gasteiger partial charge in [-0.3, -0.25) is 4.72 Å². The molecule has 2 aromatic carbocycles. The van der Waals surface area contributed by atoms with E-state index < -0.39 is 16.0 Å². The topological polar surface area (TPSA) is 92.7 Å². The summed E-state index contributed by atoms with van der Waals surface area (Å²) in [5, 5.41) is 10.3. The van der Waals surface area contributed by atoms with Crippen LogP contribution in [-0.4, -0.2) is 26.6 Å². The van der Waals surface area contributed by atoms with E-state index in [-0.39, 0.29) is 21.5 Å². The van der Waals surface area contributed by atoms with Crippen LogP contribution in [0.3, 0.4) is 0 Å². The molecule has 0 fully saturated rings. The molecule has 0 heterocycles. The summed E-state index contributed by atoms with van der Waals surface area (Å²) in [6, 6.07) is 10.2. The Labute approximate surface area is 154 Å². The molecule has 0 aromatic heterocycles. The van der Waals surface area contributed by atoms with E-state index in [4.69, 9.17) is 4.74 Å². The minimum Gasteiger partial charge on any atom is -0.495 e. The number of nitrogens with one attached hydrogen (secondary N) is 1. The van der Waals surface area contributed by atoms with Crippen molar-refractivity contribution in [3.63, 3.8) is 0 Å². The lowest BCUT2D eigenvalue weighted by molar-refractivity contribution is 0.0696. The van der Waals surface area contributed by atoms with Crippen LogP contribution in [0.1, 0.15) is 21.5 Å². The Morgan fingerprint density at radius 1 is 1.20 bits per heavy atom. The summed E-state index contributed by atoms with van der Waals surface area (Å²) in [4.78, 5) is 11.5. The van der Waals surface area contributed by atoms with E-state index in [0.29, 0.717) is 5.56 Å². The quantitative estimate of drug-likeness (QED) is 0.732. The van der Waals surface area contributed by atoms with Crippen LogP contribution in [0.5, 0.6) is 5.75 Å². The summed E-state index contributed by atoms with van der Waals surface area (Å²) in [6.45, 7) is 1.93. The third-order valence-corrected chi connectivity index (χ3v) is 4.96. The molecule has 8 heteroatoms. The molecule has 2 rings (SSSR count). The Balaban J connectivity index is 2.39. The minimum absolute atomic E-state index is 0.105. The molecular weight excluding hydrogens is 410 g/mol. The lowest BCUT2D eigenvalue weighted by atomic mass is 10.1. The van der Waals surface area contributed by atoms with E-state index in [1.807, 2.05) is 19.1 Å². The first kappa shape index (κ1) is 19.0. The number of benzene rings is 2. The van der Waals surface area contributed by atoms with E-state index in [9.17, 15) is 18.3 Å². The number of anilines is 1. The zero-order valence-electron chi connectivity index (χ0n) is 13.5. The predicted molar refractivity (Wildman–Crippen MR) is 100 cm³/mol. The zero-order valence-corrected chi connectivity index (χ0v) is 15.9. The first-order valence-corrected chi connectivity index (χ1v) is 9.45. The molecule has 0 saturated carbocycles. The van der Waals surface area contributed by atoms with Crippen LogP contribution < -0.4 is 9.46 Å². The summed E-state index contributed by atoms with van der Waals surface area (Å²) < 4.78 is 32.2. The molecule has 6 nitrogen and oxygen atoms in total. The highest BCUT2D eigenvalue weighted by Crippen LogP contribution is 2.35. The van der Waals surface area contributed by atoms with E-state index in [1.165, 1.54) is 25.3 Å². The van der Waals surface area contributed by atoms with Crippen molar-refractivity contribution in [2.24, 2.45) is 0 Å². The molecule has 25 heavy (non-hydrogen) atoms. The normalized spacial score (nSPS) is 11.5. The number of carboxylic acid groups (broad SMARTS) is 1. The van der Waals surface area contributed by atoms with Gasteiger partial charge in [-0.2, -0.15) is 0 Å². The molecule has 0 aliphatic carbocycles. The van der Waals surface area contributed by atoms with E-state index in [1.54, 1.807) is 12.1 Å². The highest BCUT2D eigenvalue weighted by atomic mass is 79.9. The van der Waals surface area contributed by atoms with Crippen molar-refractivity contribution in [2.45, 2.75) is 6.92 Å². The van der Waals surface area contributed by atoms with Gasteiger partial charge in [-0.1, -0.05) is 29.8 Å². The van der Waals surface area contributed by atoms with Crippen molar-refractivity contribution in [1.82, 2.24) is 0 Å². The van der Waals surface area contributed by atoms with Gasteiger partial charge in [-0.15, -0.1) is 0 Å². The average Bonchev–Trinajstić information content (AvgIpc) is 2.54. The van der Waals surface area contributed by atoms with Crippen LogP contribution >= 0.6 is 15.9 Å². The summed E-state index contributed by atoms with van der Waals surface area (Å²) in [5.74, 6) is -1.18. The number of hydrogen-bond acceptors (Lipinski definition) is 4. The maximum atomic E-state index is 12.3. The molecule has 0 atom stereocenters. The molecule has 0 amide bonds. The number of aromatic carboxylic acids is 1. The van der Waals surface area contributed by atoms with E-state index in [0.717, 1.165) is 11.0 Å². The van der Waals surface area contributed by atoms with Gasteiger partial charge in [-0.05, 0) is 46.6 Å². The number of methoxy groups -OCH3 is 1. The smallest absolute Gasteiger partial charge is 0.339 e. The maximum Gasteiger partial charge on any atom is 0.339 e. The highest BCUT2D eigenvalue weighted by molar-refractivity contribution is 9.10. The number of rotatable bonds is 6. The van der Waals surface area contributed by atoms with Crippen molar-refractivity contribution in [2.75, 3.05) is 11.8 Å². The molecular formula is C17H16BrNO5S. The zero-order chi connectivity index (χ0) is 18.6. The van der Waals surface area contributed by atoms with Gasteiger partial charge in [-0.25, -0.2) is 13.2 Å². The second-order valence-corrected chi connectivity index (χ2v) is 7.59. The Morgan fingerprint density at radius 2 is 1.84 bits per heavy atom. The molecule has 0 bridgehead atoms. The Bertz CT molecular complexity index is 921.